The Balaban J connectivity index is 1.12. The molecule has 2 aliphatic rings. The van der Waals surface area contributed by atoms with E-state index in [2.05, 4.69) is 40.2 Å². The van der Waals surface area contributed by atoms with Crippen LogP contribution in [0.5, 0.6) is 5.75 Å². The topological polar surface area (TPSA) is 46.7 Å². The molecule has 3 heterocycles. The third-order valence-electron chi connectivity index (χ3n) is 6.20. The van der Waals surface area contributed by atoms with Crippen LogP contribution in [0, 0.1) is 0 Å². The fourth-order valence-corrected chi connectivity index (χ4v) is 4.73. The highest BCUT2D eigenvalue weighted by atomic mass is 35.5. The summed E-state index contributed by atoms with van der Waals surface area (Å²) >= 11 is 6.33. The molecule has 6 heteroatoms. The zero-order chi connectivity index (χ0) is 21.0. The molecule has 0 saturated carbocycles. The van der Waals surface area contributed by atoms with Crippen LogP contribution >= 0.6 is 11.6 Å². The van der Waals surface area contributed by atoms with E-state index in [9.17, 15) is 0 Å². The summed E-state index contributed by atoms with van der Waals surface area (Å²) in [5.74, 6) is 1.50. The molecule has 162 valence electrons. The van der Waals surface area contributed by atoms with E-state index < -0.39 is 0 Å². The van der Waals surface area contributed by atoms with Gasteiger partial charge in [-0.05, 0) is 61.1 Å². The highest BCUT2D eigenvalue weighted by molar-refractivity contribution is 6.35. The Morgan fingerprint density at radius 3 is 2.55 bits per heavy atom. The average Bonchev–Trinajstić information content (AvgIpc) is 3.51. The van der Waals surface area contributed by atoms with Crippen LogP contribution in [0.4, 0.5) is 5.69 Å². The van der Waals surface area contributed by atoms with E-state index in [0.717, 1.165) is 60.4 Å². The minimum absolute atomic E-state index is 0.155. The summed E-state index contributed by atoms with van der Waals surface area (Å²) in [4.78, 5) is 5.82. The maximum Gasteiger partial charge on any atom is 0.239 e. The number of hydrogen-bond acceptors (Lipinski definition) is 4. The van der Waals surface area contributed by atoms with Crippen molar-refractivity contribution in [2.24, 2.45) is 0 Å². The molecule has 2 aliphatic heterocycles. The number of fused-ring (bicyclic) bond motifs is 1. The number of benzene rings is 2. The van der Waals surface area contributed by atoms with Gasteiger partial charge < -0.3 is 24.1 Å². The Bertz CT molecular complexity index is 1030. The van der Waals surface area contributed by atoms with E-state index in [4.69, 9.17) is 25.8 Å². The number of ether oxygens (including phenoxy) is 3. The van der Waals surface area contributed by atoms with Crippen molar-refractivity contribution in [3.63, 3.8) is 0 Å². The van der Waals surface area contributed by atoms with E-state index in [0.29, 0.717) is 12.5 Å². The largest absolute Gasteiger partial charge is 0.494 e. The summed E-state index contributed by atoms with van der Waals surface area (Å²) in [6.07, 6.45) is 8.98. The zero-order valence-corrected chi connectivity index (χ0v) is 18.2. The molecular formula is C25H27ClN2O3. The van der Waals surface area contributed by atoms with Crippen molar-refractivity contribution in [2.45, 2.75) is 37.9 Å². The number of rotatable bonds is 7. The molecule has 0 amide bonds. The van der Waals surface area contributed by atoms with Gasteiger partial charge in [0.1, 0.15) is 18.3 Å². The van der Waals surface area contributed by atoms with Crippen LogP contribution in [0.2, 0.25) is 5.02 Å². The molecule has 5 rings (SSSR count). The van der Waals surface area contributed by atoms with Gasteiger partial charge in [-0.15, -0.1) is 0 Å². The number of piperidine rings is 1. The Kier molecular flexibility index (Phi) is 5.94. The average molecular weight is 439 g/mol. The number of halogens is 1. The van der Waals surface area contributed by atoms with Crippen LogP contribution in [0.3, 0.4) is 0 Å². The van der Waals surface area contributed by atoms with Crippen LogP contribution in [0.15, 0.2) is 61.2 Å². The lowest BCUT2D eigenvalue weighted by molar-refractivity contribution is -0.0310. The summed E-state index contributed by atoms with van der Waals surface area (Å²) in [5.41, 5.74) is 3.78. The lowest BCUT2D eigenvalue weighted by atomic mass is 9.89. The number of nitrogens with zero attached hydrogens (tertiary/aromatic N) is 1. The lowest BCUT2D eigenvalue weighted by Gasteiger charge is -2.34. The number of aromatic amines is 1. The first kappa shape index (κ1) is 20.1. The van der Waals surface area contributed by atoms with Crippen molar-refractivity contribution in [1.29, 1.82) is 0 Å². The highest BCUT2D eigenvalue weighted by Crippen LogP contribution is 2.36. The molecule has 1 fully saturated rings. The first-order valence-electron chi connectivity index (χ1n) is 11.0. The molecule has 3 aromatic rings. The molecule has 0 atom stereocenters. The maximum atomic E-state index is 6.33. The van der Waals surface area contributed by atoms with E-state index in [1.165, 1.54) is 11.3 Å². The molecule has 0 aliphatic carbocycles. The minimum atomic E-state index is -0.155. The van der Waals surface area contributed by atoms with Gasteiger partial charge in [0.25, 0.3) is 0 Å². The first-order valence-corrected chi connectivity index (χ1v) is 11.3. The zero-order valence-electron chi connectivity index (χ0n) is 17.4. The van der Waals surface area contributed by atoms with Crippen molar-refractivity contribution in [2.75, 3.05) is 24.6 Å². The molecule has 5 nitrogen and oxygen atoms in total. The van der Waals surface area contributed by atoms with Gasteiger partial charge in [0.05, 0.1) is 22.8 Å². The van der Waals surface area contributed by atoms with Crippen LogP contribution in [-0.4, -0.2) is 31.0 Å². The number of aromatic nitrogens is 1. The standard InChI is InChI=1S/C25H27ClN2O3/c26-22-7-8-23(25-21(22)9-12-27-25)28-13-10-19(11-14-28)18-3-5-20(6-4-18)29-15-1-2-24-30-16-17-31-24/h3-9,12,16-17,19,24,27H,1-2,10-11,13-15H2. The fraction of sp³-hybridized carbons (Fsp3) is 0.360. The van der Waals surface area contributed by atoms with E-state index >= 15 is 0 Å². The molecule has 0 spiro atoms. The normalized spacial score (nSPS) is 17.1. The summed E-state index contributed by atoms with van der Waals surface area (Å²) in [5, 5.41) is 1.89. The number of H-pyrrole nitrogens is 1. The summed E-state index contributed by atoms with van der Waals surface area (Å²) < 4.78 is 16.4. The van der Waals surface area contributed by atoms with Crippen LogP contribution in [-0.2, 0) is 9.47 Å². The third-order valence-corrected chi connectivity index (χ3v) is 6.53. The van der Waals surface area contributed by atoms with Gasteiger partial charge in [-0.2, -0.15) is 0 Å². The third kappa shape index (κ3) is 4.47. The van der Waals surface area contributed by atoms with E-state index in [-0.39, 0.29) is 6.29 Å². The fourth-order valence-electron chi connectivity index (χ4n) is 4.51. The first-order chi connectivity index (χ1) is 15.3. The van der Waals surface area contributed by atoms with Crippen molar-refractivity contribution in [3.8, 4) is 5.75 Å². The predicted octanol–water partition coefficient (Wildman–Crippen LogP) is 6.21. The summed E-state index contributed by atoms with van der Waals surface area (Å²) in [6.45, 7) is 2.74. The number of nitrogens with one attached hydrogen (secondary N) is 1. The minimum Gasteiger partial charge on any atom is -0.494 e. The summed E-state index contributed by atoms with van der Waals surface area (Å²) in [7, 11) is 0. The predicted molar refractivity (Wildman–Crippen MR) is 124 cm³/mol. The van der Waals surface area contributed by atoms with E-state index in [1.807, 2.05) is 18.3 Å². The summed E-state index contributed by atoms with van der Waals surface area (Å²) in [6, 6.07) is 14.8. The molecule has 0 bridgehead atoms. The molecule has 1 saturated heterocycles. The molecule has 0 unspecified atom stereocenters. The van der Waals surface area contributed by atoms with Crippen LogP contribution in [0.1, 0.15) is 37.2 Å². The van der Waals surface area contributed by atoms with Gasteiger partial charge in [-0.1, -0.05) is 23.7 Å². The number of anilines is 1. The Hall–Kier alpha value is -2.79. The van der Waals surface area contributed by atoms with Crippen molar-refractivity contribution in [3.05, 3.63) is 71.8 Å². The lowest BCUT2D eigenvalue weighted by Crippen LogP contribution is -2.33. The van der Waals surface area contributed by atoms with Gasteiger partial charge >= 0.3 is 0 Å². The molecule has 2 aromatic carbocycles. The Morgan fingerprint density at radius 1 is 1.00 bits per heavy atom. The second-order valence-corrected chi connectivity index (χ2v) is 8.53. The highest BCUT2D eigenvalue weighted by Gasteiger charge is 2.22. The molecule has 31 heavy (non-hydrogen) atoms. The second-order valence-electron chi connectivity index (χ2n) is 8.13. The van der Waals surface area contributed by atoms with Gasteiger partial charge in [0.15, 0.2) is 0 Å². The molecular weight excluding hydrogens is 412 g/mol. The van der Waals surface area contributed by atoms with Crippen LogP contribution in [0.25, 0.3) is 10.9 Å². The van der Waals surface area contributed by atoms with Crippen molar-refractivity contribution < 1.29 is 14.2 Å². The monoisotopic (exact) mass is 438 g/mol. The maximum absolute atomic E-state index is 6.33. The van der Waals surface area contributed by atoms with Gasteiger partial charge in [-0.25, -0.2) is 0 Å². The second kappa shape index (κ2) is 9.15. The van der Waals surface area contributed by atoms with Crippen molar-refractivity contribution in [1.82, 2.24) is 4.98 Å². The SMILES string of the molecule is Clc1ccc(N2CCC(c3ccc(OCCCC4OC=CO4)cc3)CC2)c2[nH]ccc12. The molecule has 1 aromatic heterocycles. The number of hydrogen-bond donors (Lipinski definition) is 1. The smallest absolute Gasteiger partial charge is 0.239 e. The molecule has 1 N–H and O–H groups in total. The molecule has 0 radical (unpaired) electrons. The Labute approximate surface area is 187 Å². The van der Waals surface area contributed by atoms with Gasteiger partial charge in [0, 0.05) is 31.1 Å². The quantitative estimate of drug-likeness (QED) is 0.445. The van der Waals surface area contributed by atoms with Gasteiger partial charge in [0.2, 0.25) is 6.29 Å². The Morgan fingerprint density at radius 2 is 1.77 bits per heavy atom. The van der Waals surface area contributed by atoms with Gasteiger partial charge in [-0.3, -0.25) is 0 Å². The van der Waals surface area contributed by atoms with E-state index in [1.54, 1.807) is 12.5 Å². The van der Waals surface area contributed by atoms with Crippen molar-refractivity contribution >= 4 is 28.2 Å². The van der Waals surface area contributed by atoms with Crippen LogP contribution < -0.4 is 9.64 Å².